The fraction of sp³-hybridized carbons (Fsp3) is 0.111. The average molecular weight is 367 g/mol. The van der Waals surface area contributed by atoms with E-state index >= 15 is 0 Å². The zero-order valence-electron chi connectivity index (χ0n) is 13.9. The predicted molar refractivity (Wildman–Crippen MR) is 98.8 cm³/mol. The van der Waals surface area contributed by atoms with Crippen LogP contribution in [0.25, 0.3) is 22.3 Å². The summed E-state index contributed by atoms with van der Waals surface area (Å²) < 4.78 is 0. The van der Waals surface area contributed by atoms with E-state index in [0.717, 1.165) is 22.0 Å². The molecule has 26 heavy (non-hydrogen) atoms. The first-order chi connectivity index (χ1) is 12.6. The van der Waals surface area contributed by atoms with Gasteiger partial charge in [0, 0.05) is 28.9 Å². The van der Waals surface area contributed by atoms with E-state index in [1.165, 1.54) is 0 Å². The van der Waals surface area contributed by atoms with Crippen molar-refractivity contribution >= 4 is 28.4 Å². The number of pyridine rings is 1. The lowest BCUT2D eigenvalue weighted by Gasteiger charge is -2.01. The highest BCUT2D eigenvalue weighted by atomic mass is 35.5. The molecule has 0 fully saturated rings. The number of nitrogens with zero attached hydrogens (tertiary/aromatic N) is 3. The van der Waals surface area contributed by atoms with E-state index in [-0.39, 0.29) is 12.5 Å². The number of hydrogen-bond acceptors (Lipinski definition) is 4. The van der Waals surface area contributed by atoms with Crippen LogP contribution in [0.4, 0.5) is 0 Å². The quantitative estimate of drug-likeness (QED) is 0.516. The molecule has 3 aromatic heterocycles. The van der Waals surface area contributed by atoms with Gasteiger partial charge in [0.2, 0.25) is 0 Å². The topological polar surface area (TPSA) is 99.3 Å². The zero-order chi connectivity index (χ0) is 18.1. The maximum Gasteiger partial charge on any atom is 0.269 e. The van der Waals surface area contributed by atoms with E-state index in [9.17, 15) is 4.79 Å². The summed E-state index contributed by atoms with van der Waals surface area (Å²) >= 11 is 6.36. The van der Waals surface area contributed by atoms with Crippen LogP contribution < -0.4 is 5.32 Å². The Morgan fingerprint density at radius 2 is 2.04 bits per heavy atom. The van der Waals surface area contributed by atoms with Gasteiger partial charge in [-0.2, -0.15) is 5.10 Å². The Bertz CT molecular complexity index is 1090. The first-order valence-electron chi connectivity index (χ1n) is 7.99. The standard InChI is InChI=1S/C18H15ClN6O/c1-10-2-3-13-12(8-10)15(19)16(22-13)18(26)21-9-14-23-17(25-24-14)11-4-6-20-7-5-11/h2-8,22H,9H2,1H3,(H,21,26)(H,23,24,25). The van der Waals surface area contributed by atoms with E-state index in [0.29, 0.717) is 22.4 Å². The van der Waals surface area contributed by atoms with Gasteiger partial charge < -0.3 is 10.3 Å². The number of benzene rings is 1. The average Bonchev–Trinajstić information content (AvgIpc) is 3.26. The van der Waals surface area contributed by atoms with Gasteiger partial charge in [0.25, 0.3) is 5.91 Å². The SMILES string of the molecule is Cc1ccc2[nH]c(C(=O)NCc3nc(-c4ccncc4)n[nH]3)c(Cl)c2c1. The van der Waals surface area contributed by atoms with Crippen LogP contribution in [0.3, 0.4) is 0 Å². The van der Waals surface area contributed by atoms with Crippen LogP contribution in [-0.2, 0) is 6.54 Å². The van der Waals surface area contributed by atoms with Crippen LogP contribution >= 0.6 is 11.6 Å². The summed E-state index contributed by atoms with van der Waals surface area (Å²) in [5.74, 6) is 0.801. The van der Waals surface area contributed by atoms with Crippen LogP contribution in [0, 0.1) is 6.92 Å². The van der Waals surface area contributed by atoms with Crippen molar-refractivity contribution < 1.29 is 4.79 Å². The van der Waals surface area contributed by atoms with Crippen molar-refractivity contribution in [3.63, 3.8) is 0 Å². The first-order valence-corrected chi connectivity index (χ1v) is 8.37. The summed E-state index contributed by atoms with van der Waals surface area (Å²) in [6.07, 6.45) is 3.35. The molecule has 0 aliphatic carbocycles. The molecule has 7 nitrogen and oxygen atoms in total. The Balaban J connectivity index is 1.49. The Kier molecular flexibility index (Phi) is 4.14. The molecule has 0 saturated heterocycles. The van der Waals surface area contributed by atoms with Crippen molar-refractivity contribution in [2.45, 2.75) is 13.5 Å². The van der Waals surface area contributed by atoms with Crippen molar-refractivity contribution in [2.75, 3.05) is 0 Å². The highest BCUT2D eigenvalue weighted by Gasteiger charge is 2.17. The minimum atomic E-state index is -0.300. The smallest absolute Gasteiger partial charge is 0.269 e. The van der Waals surface area contributed by atoms with Crippen molar-refractivity contribution in [1.29, 1.82) is 0 Å². The molecule has 1 aromatic carbocycles. The summed E-state index contributed by atoms with van der Waals surface area (Å²) in [6, 6.07) is 9.45. The fourth-order valence-electron chi connectivity index (χ4n) is 2.69. The summed E-state index contributed by atoms with van der Waals surface area (Å²) in [5, 5.41) is 11.0. The molecule has 0 bridgehead atoms. The molecule has 4 rings (SSSR count). The number of nitrogens with one attached hydrogen (secondary N) is 3. The highest BCUT2D eigenvalue weighted by Crippen LogP contribution is 2.28. The summed E-state index contributed by atoms with van der Waals surface area (Å²) in [5.41, 5.74) is 3.09. The minimum Gasteiger partial charge on any atom is -0.349 e. The molecule has 0 aliphatic rings. The van der Waals surface area contributed by atoms with Crippen molar-refractivity contribution in [3.05, 3.63) is 64.8 Å². The molecule has 1 amide bonds. The van der Waals surface area contributed by atoms with Crippen LogP contribution in [0.1, 0.15) is 21.9 Å². The molecule has 3 heterocycles. The third kappa shape index (κ3) is 3.04. The summed E-state index contributed by atoms with van der Waals surface area (Å²) in [7, 11) is 0. The number of fused-ring (bicyclic) bond motifs is 1. The Morgan fingerprint density at radius 3 is 2.85 bits per heavy atom. The van der Waals surface area contributed by atoms with Gasteiger partial charge in [-0.15, -0.1) is 0 Å². The third-order valence-electron chi connectivity index (χ3n) is 4.00. The number of halogens is 1. The zero-order valence-corrected chi connectivity index (χ0v) is 14.6. The van der Waals surface area contributed by atoms with Crippen LogP contribution in [0.5, 0.6) is 0 Å². The highest BCUT2D eigenvalue weighted by molar-refractivity contribution is 6.38. The predicted octanol–water partition coefficient (Wildman–Crippen LogP) is 3.24. The second-order valence-corrected chi connectivity index (χ2v) is 6.27. The largest absolute Gasteiger partial charge is 0.349 e. The molecular weight excluding hydrogens is 352 g/mol. The molecule has 0 spiro atoms. The lowest BCUT2D eigenvalue weighted by atomic mass is 10.2. The lowest BCUT2D eigenvalue weighted by molar-refractivity contribution is 0.0946. The third-order valence-corrected chi connectivity index (χ3v) is 4.40. The van der Waals surface area contributed by atoms with E-state index in [4.69, 9.17) is 11.6 Å². The monoisotopic (exact) mass is 366 g/mol. The Hall–Kier alpha value is -3.19. The number of aromatic nitrogens is 5. The number of carbonyl (C=O) groups excluding carboxylic acids is 1. The molecule has 0 saturated carbocycles. The van der Waals surface area contributed by atoms with E-state index in [1.54, 1.807) is 12.4 Å². The van der Waals surface area contributed by atoms with Crippen molar-refractivity contribution in [1.82, 2.24) is 30.5 Å². The second-order valence-electron chi connectivity index (χ2n) is 5.89. The van der Waals surface area contributed by atoms with Gasteiger partial charge in [-0.1, -0.05) is 23.2 Å². The van der Waals surface area contributed by atoms with Gasteiger partial charge in [0.15, 0.2) is 5.82 Å². The van der Waals surface area contributed by atoms with Gasteiger partial charge in [-0.3, -0.25) is 14.9 Å². The number of rotatable bonds is 4. The van der Waals surface area contributed by atoms with E-state index in [2.05, 4.69) is 30.5 Å². The van der Waals surface area contributed by atoms with E-state index in [1.807, 2.05) is 37.3 Å². The second kappa shape index (κ2) is 6.61. The molecular formula is C18H15ClN6O. The number of aryl methyl sites for hydroxylation is 1. The van der Waals surface area contributed by atoms with Gasteiger partial charge in [-0.25, -0.2) is 4.98 Å². The van der Waals surface area contributed by atoms with Crippen molar-refractivity contribution in [3.8, 4) is 11.4 Å². The molecule has 3 N–H and O–H groups in total. The molecule has 130 valence electrons. The van der Waals surface area contributed by atoms with Crippen LogP contribution in [0.2, 0.25) is 5.02 Å². The number of hydrogen-bond donors (Lipinski definition) is 3. The van der Waals surface area contributed by atoms with Crippen LogP contribution in [-0.4, -0.2) is 31.1 Å². The number of H-pyrrole nitrogens is 2. The van der Waals surface area contributed by atoms with E-state index < -0.39 is 0 Å². The Morgan fingerprint density at radius 1 is 1.23 bits per heavy atom. The molecule has 8 heteroatoms. The number of aromatic amines is 2. The Labute approximate surface area is 153 Å². The maximum absolute atomic E-state index is 12.5. The normalized spacial score (nSPS) is 11.0. The molecule has 0 radical (unpaired) electrons. The number of carbonyl (C=O) groups is 1. The van der Waals surface area contributed by atoms with Gasteiger partial charge in [0.1, 0.15) is 11.5 Å². The van der Waals surface area contributed by atoms with Gasteiger partial charge in [0.05, 0.1) is 11.6 Å². The molecule has 4 aromatic rings. The van der Waals surface area contributed by atoms with Gasteiger partial charge >= 0.3 is 0 Å². The fourth-order valence-corrected chi connectivity index (χ4v) is 2.98. The molecule has 0 unspecified atom stereocenters. The minimum absolute atomic E-state index is 0.210. The maximum atomic E-state index is 12.5. The lowest BCUT2D eigenvalue weighted by Crippen LogP contribution is -2.24. The van der Waals surface area contributed by atoms with Crippen molar-refractivity contribution in [2.24, 2.45) is 0 Å². The van der Waals surface area contributed by atoms with Crippen LogP contribution in [0.15, 0.2) is 42.7 Å². The summed E-state index contributed by atoms with van der Waals surface area (Å²) in [4.78, 5) is 23.9. The first kappa shape index (κ1) is 16.3. The van der Waals surface area contributed by atoms with Gasteiger partial charge in [-0.05, 0) is 31.2 Å². The molecule has 0 aliphatic heterocycles. The number of amides is 1. The summed E-state index contributed by atoms with van der Waals surface area (Å²) in [6.45, 7) is 2.19. The molecule has 0 atom stereocenters.